The summed E-state index contributed by atoms with van der Waals surface area (Å²) in [5.41, 5.74) is 1.78. The maximum Gasteiger partial charge on any atom is 0.226 e. The lowest BCUT2D eigenvalue weighted by atomic mass is 9.86. The van der Waals surface area contributed by atoms with Crippen LogP contribution < -0.4 is 19.5 Å². The summed E-state index contributed by atoms with van der Waals surface area (Å²) in [4.78, 5) is 11.9. The average molecular weight is 303 g/mol. The van der Waals surface area contributed by atoms with Crippen LogP contribution in [0.5, 0.6) is 17.2 Å². The van der Waals surface area contributed by atoms with Gasteiger partial charge in [0.05, 0.1) is 27.5 Å². The van der Waals surface area contributed by atoms with Crippen LogP contribution in [0.15, 0.2) is 18.3 Å². The van der Waals surface area contributed by atoms with Crippen LogP contribution in [0.25, 0.3) is 0 Å². The molecule has 0 fully saturated rings. The molecular formula is C15H17N3O4. The van der Waals surface area contributed by atoms with Crippen LogP contribution in [0.1, 0.15) is 23.5 Å². The predicted molar refractivity (Wildman–Crippen MR) is 79.8 cm³/mol. The summed E-state index contributed by atoms with van der Waals surface area (Å²) in [6.07, 6.45) is 2.04. The number of ether oxygens (including phenoxy) is 3. The van der Waals surface area contributed by atoms with Gasteiger partial charge in [0.1, 0.15) is 5.82 Å². The number of amides is 1. The average Bonchev–Trinajstić information content (AvgIpc) is 3.00. The van der Waals surface area contributed by atoms with E-state index in [1.807, 2.05) is 12.1 Å². The van der Waals surface area contributed by atoms with Gasteiger partial charge in [0, 0.05) is 23.5 Å². The maximum absolute atomic E-state index is 11.9. The van der Waals surface area contributed by atoms with Crippen molar-refractivity contribution in [3.8, 4) is 17.2 Å². The molecule has 3 rings (SSSR count). The number of carbonyl (C=O) groups is 1. The van der Waals surface area contributed by atoms with Gasteiger partial charge in [-0.05, 0) is 6.07 Å². The zero-order valence-electron chi connectivity index (χ0n) is 12.6. The highest BCUT2D eigenvalue weighted by Gasteiger charge is 2.31. The van der Waals surface area contributed by atoms with Crippen LogP contribution in [-0.4, -0.2) is 37.4 Å². The zero-order chi connectivity index (χ0) is 15.7. The van der Waals surface area contributed by atoms with Crippen LogP contribution >= 0.6 is 0 Å². The van der Waals surface area contributed by atoms with E-state index in [1.54, 1.807) is 27.5 Å². The molecule has 1 aliphatic heterocycles. The Morgan fingerprint density at radius 2 is 1.86 bits per heavy atom. The first-order chi connectivity index (χ1) is 10.7. The molecule has 0 saturated carbocycles. The number of rotatable bonds is 4. The Kier molecular flexibility index (Phi) is 3.62. The van der Waals surface area contributed by atoms with Gasteiger partial charge in [-0.2, -0.15) is 5.10 Å². The minimum atomic E-state index is -0.155. The Morgan fingerprint density at radius 1 is 1.09 bits per heavy atom. The molecule has 0 aliphatic carbocycles. The second-order valence-electron chi connectivity index (χ2n) is 4.93. The summed E-state index contributed by atoms with van der Waals surface area (Å²) < 4.78 is 16.2. The molecule has 0 saturated heterocycles. The van der Waals surface area contributed by atoms with Crippen LogP contribution in [0, 0.1) is 0 Å². The molecule has 1 unspecified atom stereocenters. The molecule has 0 radical (unpaired) electrons. The van der Waals surface area contributed by atoms with Gasteiger partial charge in [0.25, 0.3) is 0 Å². The third-order valence-electron chi connectivity index (χ3n) is 3.81. The van der Waals surface area contributed by atoms with E-state index in [0.29, 0.717) is 29.5 Å². The Hall–Kier alpha value is -2.70. The minimum absolute atomic E-state index is 0.0708. The molecule has 2 aromatic rings. The zero-order valence-corrected chi connectivity index (χ0v) is 12.6. The van der Waals surface area contributed by atoms with Crippen LogP contribution in [0.2, 0.25) is 0 Å². The number of aromatic amines is 1. The van der Waals surface area contributed by atoms with Crippen molar-refractivity contribution in [3.05, 3.63) is 29.5 Å². The van der Waals surface area contributed by atoms with Gasteiger partial charge in [-0.15, -0.1) is 0 Å². The molecule has 116 valence electrons. The van der Waals surface area contributed by atoms with Crippen molar-refractivity contribution in [1.29, 1.82) is 0 Å². The first-order valence-corrected chi connectivity index (χ1v) is 6.81. The first-order valence-electron chi connectivity index (χ1n) is 6.81. The van der Waals surface area contributed by atoms with Crippen LogP contribution in [0.3, 0.4) is 0 Å². The first kappa shape index (κ1) is 14.2. The molecule has 22 heavy (non-hydrogen) atoms. The summed E-state index contributed by atoms with van der Waals surface area (Å²) >= 11 is 0. The maximum atomic E-state index is 11.9. The normalized spacial score (nSPS) is 16.7. The fraction of sp³-hybridized carbons (Fsp3) is 0.333. The molecule has 1 aromatic heterocycles. The van der Waals surface area contributed by atoms with Crippen LogP contribution in [0.4, 0.5) is 5.82 Å². The van der Waals surface area contributed by atoms with Gasteiger partial charge >= 0.3 is 0 Å². The number of aromatic nitrogens is 2. The number of fused-ring (bicyclic) bond motifs is 1. The molecule has 0 spiro atoms. The molecule has 1 atom stereocenters. The van der Waals surface area contributed by atoms with Gasteiger partial charge in [-0.25, -0.2) is 0 Å². The number of carbonyl (C=O) groups excluding carboxylic acids is 1. The summed E-state index contributed by atoms with van der Waals surface area (Å²) in [5.74, 6) is 2.05. The minimum Gasteiger partial charge on any atom is -0.493 e. The molecule has 2 N–H and O–H groups in total. The number of methoxy groups -OCH3 is 3. The van der Waals surface area contributed by atoms with Gasteiger partial charge in [-0.3, -0.25) is 9.89 Å². The monoisotopic (exact) mass is 303 g/mol. The molecule has 1 aromatic carbocycles. The lowest BCUT2D eigenvalue weighted by Crippen LogP contribution is -2.23. The Balaban J connectivity index is 2.15. The van der Waals surface area contributed by atoms with E-state index in [2.05, 4.69) is 15.5 Å². The predicted octanol–water partition coefficient (Wildman–Crippen LogP) is 1.91. The van der Waals surface area contributed by atoms with E-state index >= 15 is 0 Å². The lowest BCUT2D eigenvalue weighted by Gasteiger charge is -2.25. The van der Waals surface area contributed by atoms with Crippen molar-refractivity contribution in [1.82, 2.24) is 10.2 Å². The van der Waals surface area contributed by atoms with Gasteiger partial charge in [0.15, 0.2) is 11.5 Å². The molecule has 1 amide bonds. The molecule has 7 heteroatoms. The number of nitrogens with one attached hydrogen (secondary N) is 2. The third-order valence-corrected chi connectivity index (χ3v) is 3.81. The third kappa shape index (κ3) is 2.14. The SMILES string of the molecule is COc1ccc(C2CC(=O)Nc3[nH]ncc32)c(OC)c1OC. The second-order valence-corrected chi connectivity index (χ2v) is 4.93. The highest BCUT2D eigenvalue weighted by atomic mass is 16.5. The van der Waals surface area contributed by atoms with E-state index in [4.69, 9.17) is 14.2 Å². The molecule has 1 aliphatic rings. The van der Waals surface area contributed by atoms with Crippen molar-refractivity contribution < 1.29 is 19.0 Å². The Bertz CT molecular complexity index is 711. The van der Waals surface area contributed by atoms with Gasteiger partial charge in [-0.1, -0.05) is 6.07 Å². The smallest absolute Gasteiger partial charge is 0.226 e. The summed E-state index contributed by atoms with van der Waals surface area (Å²) in [6.45, 7) is 0. The van der Waals surface area contributed by atoms with Crippen molar-refractivity contribution >= 4 is 11.7 Å². The quantitative estimate of drug-likeness (QED) is 0.901. The van der Waals surface area contributed by atoms with Gasteiger partial charge in [0.2, 0.25) is 11.7 Å². The fourth-order valence-corrected chi connectivity index (χ4v) is 2.82. The Labute approximate surface area is 127 Å². The van der Waals surface area contributed by atoms with Crippen LogP contribution in [-0.2, 0) is 4.79 Å². The highest BCUT2D eigenvalue weighted by molar-refractivity contribution is 5.94. The topological polar surface area (TPSA) is 85.5 Å². The van der Waals surface area contributed by atoms with E-state index < -0.39 is 0 Å². The number of hydrogen-bond donors (Lipinski definition) is 2. The number of benzene rings is 1. The van der Waals surface area contributed by atoms with E-state index in [9.17, 15) is 4.79 Å². The largest absolute Gasteiger partial charge is 0.493 e. The number of hydrogen-bond acceptors (Lipinski definition) is 5. The Morgan fingerprint density at radius 3 is 2.55 bits per heavy atom. The highest BCUT2D eigenvalue weighted by Crippen LogP contribution is 2.46. The fourth-order valence-electron chi connectivity index (χ4n) is 2.82. The molecule has 2 heterocycles. The molecular weight excluding hydrogens is 286 g/mol. The van der Waals surface area contributed by atoms with Crippen molar-refractivity contribution in [3.63, 3.8) is 0 Å². The number of anilines is 1. The number of H-pyrrole nitrogens is 1. The summed E-state index contributed by atoms with van der Waals surface area (Å²) in [6, 6.07) is 3.70. The van der Waals surface area contributed by atoms with Crippen molar-refractivity contribution in [2.45, 2.75) is 12.3 Å². The van der Waals surface area contributed by atoms with E-state index in [0.717, 1.165) is 11.1 Å². The molecule has 0 bridgehead atoms. The second kappa shape index (κ2) is 5.59. The molecule has 7 nitrogen and oxygen atoms in total. The van der Waals surface area contributed by atoms with Crippen molar-refractivity contribution in [2.24, 2.45) is 0 Å². The summed E-state index contributed by atoms with van der Waals surface area (Å²) in [7, 11) is 4.69. The summed E-state index contributed by atoms with van der Waals surface area (Å²) in [5, 5.41) is 9.58. The van der Waals surface area contributed by atoms with E-state index in [-0.39, 0.29) is 11.8 Å². The lowest BCUT2D eigenvalue weighted by molar-refractivity contribution is -0.116. The van der Waals surface area contributed by atoms with Gasteiger partial charge < -0.3 is 19.5 Å². The number of nitrogens with zero attached hydrogens (tertiary/aromatic N) is 1. The standard InChI is InChI=1S/C15H17N3O4/c1-20-11-5-4-8(13(21-2)14(11)22-3)9-6-12(19)17-15-10(9)7-16-18-15/h4-5,7,9H,6H2,1-3H3,(H2,16,17,18,19). The van der Waals surface area contributed by atoms with Crippen molar-refractivity contribution in [2.75, 3.05) is 26.6 Å². The van der Waals surface area contributed by atoms with E-state index in [1.165, 1.54) is 0 Å².